The molecule has 0 saturated carbocycles. The van der Waals surface area contributed by atoms with Crippen molar-refractivity contribution < 1.29 is 9.21 Å². The van der Waals surface area contributed by atoms with Gasteiger partial charge in [-0.3, -0.25) is 14.9 Å². The van der Waals surface area contributed by atoms with Crippen LogP contribution in [0.15, 0.2) is 99.7 Å². The molecule has 0 aliphatic heterocycles. The number of amides is 1. The van der Waals surface area contributed by atoms with E-state index in [1.165, 1.54) is 17.6 Å². The first-order valence-corrected chi connectivity index (χ1v) is 10.5. The lowest BCUT2D eigenvalue weighted by molar-refractivity contribution is 0.102. The molecule has 150 valence electrons. The molecule has 0 aliphatic rings. The van der Waals surface area contributed by atoms with Gasteiger partial charge in [-0.1, -0.05) is 66.7 Å². The molecule has 0 atom stereocenters. The number of benzene rings is 3. The van der Waals surface area contributed by atoms with Crippen molar-refractivity contribution in [2.45, 2.75) is 0 Å². The standard InChI is InChI=1S/C25H16N2O3S/c28-23-19-8-4-5-9-22(19)30-14-20(23)24(29)27-25-26-21(15-31-25)18-12-10-17(11-13-18)16-6-2-1-3-7-16/h1-15H,(H,26,27,29). The second kappa shape index (κ2) is 8.01. The van der Waals surface area contributed by atoms with Crippen LogP contribution in [0.25, 0.3) is 33.4 Å². The molecule has 2 aromatic heterocycles. The maximum Gasteiger partial charge on any atom is 0.264 e. The molecule has 5 nitrogen and oxygen atoms in total. The molecule has 5 aromatic rings. The molecule has 0 aliphatic carbocycles. The van der Waals surface area contributed by atoms with E-state index in [-0.39, 0.29) is 11.0 Å². The third-order valence-electron chi connectivity index (χ3n) is 4.94. The first-order valence-electron chi connectivity index (χ1n) is 9.62. The van der Waals surface area contributed by atoms with Crippen LogP contribution in [0.5, 0.6) is 0 Å². The lowest BCUT2D eigenvalue weighted by Gasteiger charge is -2.03. The maximum absolute atomic E-state index is 12.6. The fourth-order valence-corrected chi connectivity index (χ4v) is 4.04. The summed E-state index contributed by atoms with van der Waals surface area (Å²) < 4.78 is 5.43. The number of rotatable bonds is 4. The predicted octanol–water partition coefficient (Wildman–Crippen LogP) is 5.84. The van der Waals surface area contributed by atoms with Crippen molar-refractivity contribution in [3.63, 3.8) is 0 Å². The van der Waals surface area contributed by atoms with Gasteiger partial charge in [0.15, 0.2) is 5.13 Å². The minimum atomic E-state index is -0.542. The number of nitrogens with one attached hydrogen (secondary N) is 1. The number of aromatic nitrogens is 1. The van der Waals surface area contributed by atoms with Crippen molar-refractivity contribution in [3.05, 3.63) is 106 Å². The van der Waals surface area contributed by atoms with E-state index in [9.17, 15) is 9.59 Å². The van der Waals surface area contributed by atoms with E-state index in [0.717, 1.165) is 22.4 Å². The van der Waals surface area contributed by atoms with Gasteiger partial charge >= 0.3 is 0 Å². The molecule has 0 unspecified atom stereocenters. The monoisotopic (exact) mass is 424 g/mol. The highest BCUT2D eigenvalue weighted by Crippen LogP contribution is 2.28. The van der Waals surface area contributed by atoms with Crippen LogP contribution in [-0.2, 0) is 0 Å². The molecule has 31 heavy (non-hydrogen) atoms. The molecule has 1 amide bonds. The highest BCUT2D eigenvalue weighted by molar-refractivity contribution is 7.14. The Morgan fingerprint density at radius 2 is 1.52 bits per heavy atom. The van der Waals surface area contributed by atoms with Crippen LogP contribution in [0.4, 0.5) is 5.13 Å². The van der Waals surface area contributed by atoms with Gasteiger partial charge in [-0.05, 0) is 23.3 Å². The van der Waals surface area contributed by atoms with Crippen LogP contribution in [0, 0.1) is 0 Å². The van der Waals surface area contributed by atoms with E-state index in [4.69, 9.17) is 4.42 Å². The number of para-hydroxylation sites is 1. The van der Waals surface area contributed by atoms with E-state index >= 15 is 0 Å². The van der Waals surface area contributed by atoms with Gasteiger partial charge in [-0.15, -0.1) is 11.3 Å². The molecule has 3 aromatic carbocycles. The number of fused-ring (bicyclic) bond motifs is 1. The number of anilines is 1. The summed E-state index contributed by atoms with van der Waals surface area (Å²) in [5, 5.41) is 5.36. The second-order valence-electron chi connectivity index (χ2n) is 6.91. The Morgan fingerprint density at radius 1 is 0.839 bits per heavy atom. The molecule has 6 heteroatoms. The van der Waals surface area contributed by atoms with Crippen molar-refractivity contribution in [2.24, 2.45) is 0 Å². The normalized spacial score (nSPS) is 10.8. The van der Waals surface area contributed by atoms with Crippen LogP contribution >= 0.6 is 11.3 Å². The zero-order valence-corrected chi connectivity index (χ0v) is 17.1. The Hall–Kier alpha value is -4.03. The summed E-state index contributed by atoms with van der Waals surface area (Å²) >= 11 is 1.30. The fourth-order valence-electron chi connectivity index (χ4n) is 3.33. The minimum absolute atomic E-state index is 0.0531. The Kier molecular flexibility index (Phi) is 4.90. The molecule has 5 rings (SSSR count). The lowest BCUT2D eigenvalue weighted by atomic mass is 10.0. The fraction of sp³-hybridized carbons (Fsp3) is 0. The third kappa shape index (κ3) is 3.76. The molecule has 2 heterocycles. The van der Waals surface area contributed by atoms with Crippen molar-refractivity contribution in [3.8, 4) is 22.4 Å². The van der Waals surface area contributed by atoms with Crippen LogP contribution in [0.2, 0.25) is 0 Å². The smallest absolute Gasteiger partial charge is 0.264 e. The predicted molar refractivity (Wildman–Crippen MR) is 123 cm³/mol. The molecule has 0 bridgehead atoms. The van der Waals surface area contributed by atoms with Gasteiger partial charge in [-0.2, -0.15) is 0 Å². The number of nitrogens with zero attached hydrogens (tertiary/aromatic N) is 1. The van der Waals surface area contributed by atoms with Gasteiger partial charge in [0.05, 0.1) is 11.1 Å². The highest BCUT2D eigenvalue weighted by Gasteiger charge is 2.16. The summed E-state index contributed by atoms with van der Waals surface area (Å²) in [7, 11) is 0. The van der Waals surface area contributed by atoms with Gasteiger partial charge < -0.3 is 4.42 Å². The summed E-state index contributed by atoms with van der Waals surface area (Å²) in [6.45, 7) is 0. The van der Waals surface area contributed by atoms with Gasteiger partial charge in [-0.25, -0.2) is 4.98 Å². The number of hydrogen-bond donors (Lipinski definition) is 1. The molecule has 0 spiro atoms. The van der Waals surface area contributed by atoms with Crippen LogP contribution in [0.1, 0.15) is 10.4 Å². The topological polar surface area (TPSA) is 72.2 Å². The van der Waals surface area contributed by atoms with Crippen molar-refractivity contribution in [1.82, 2.24) is 4.98 Å². The number of carbonyl (C=O) groups is 1. The average molecular weight is 424 g/mol. The van der Waals surface area contributed by atoms with Gasteiger partial charge in [0.25, 0.3) is 5.91 Å². The SMILES string of the molecule is O=C(Nc1nc(-c2ccc(-c3ccccc3)cc2)cs1)c1coc2ccccc2c1=O. The van der Waals surface area contributed by atoms with Crippen molar-refractivity contribution >= 4 is 33.3 Å². The summed E-state index contributed by atoms with van der Waals surface area (Å²) in [5.74, 6) is -0.542. The highest BCUT2D eigenvalue weighted by atomic mass is 32.1. The molecule has 1 N–H and O–H groups in total. The largest absolute Gasteiger partial charge is 0.463 e. The van der Waals surface area contributed by atoms with Crippen molar-refractivity contribution in [2.75, 3.05) is 5.32 Å². The number of hydrogen-bond acceptors (Lipinski definition) is 5. The summed E-state index contributed by atoms with van der Waals surface area (Å²) in [5.41, 5.74) is 3.99. The van der Waals surface area contributed by atoms with E-state index in [1.54, 1.807) is 24.3 Å². The average Bonchev–Trinajstić information content (AvgIpc) is 3.28. The maximum atomic E-state index is 12.6. The summed E-state index contributed by atoms with van der Waals surface area (Å²) in [4.78, 5) is 29.7. The Bertz CT molecular complexity index is 1440. The van der Waals surface area contributed by atoms with E-state index in [0.29, 0.717) is 16.1 Å². The van der Waals surface area contributed by atoms with Crippen molar-refractivity contribution in [1.29, 1.82) is 0 Å². The summed E-state index contributed by atoms with van der Waals surface area (Å²) in [6, 6.07) is 25.1. The van der Waals surface area contributed by atoms with E-state index in [1.807, 2.05) is 47.8 Å². The molecule has 0 fully saturated rings. The van der Waals surface area contributed by atoms with Crippen LogP contribution in [0.3, 0.4) is 0 Å². The zero-order chi connectivity index (χ0) is 21.2. The lowest BCUT2D eigenvalue weighted by Crippen LogP contribution is -2.21. The first-order chi connectivity index (χ1) is 15.2. The Morgan fingerprint density at radius 3 is 2.32 bits per heavy atom. The molecule has 0 radical (unpaired) electrons. The van der Waals surface area contributed by atoms with Gasteiger partial charge in [0.1, 0.15) is 17.4 Å². The second-order valence-corrected chi connectivity index (χ2v) is 7.77. The molecular formula is C25H16N2O3S. The van der Waals surface area contributed by atoms with Gasteiger partial charge in [0.2, 0.25) is 5.43 Å². The third-order valence-corrected chi connectivity index (χ3v) is 5.69. The Labute approximate surface area is 181 Å². The van der Waals surface area contributed by atoms with E-state index in [2.05, 4.69) is 22.4 Å². The summed E-state index contributed by atoms with van der Waals surface area (Å²) in [6.07, 6.45) is 1.19. The minimum Gasteiger partial charge on any atom is -0.463 e. The van der Waals surface area contributed by atoms with E-state index < -0.39 is 5.91 Å². The molecule has 0 saturated heterocycles. The zero-order valence-electron chi connectivity index (χ0n) is 16.2. The first kappa shape index (κ1) is 19.0. The number of carbonyl (C=O) groups excluding carboxylic acids is 1. The van der Waals surface area contributed by atoms with Crippen LogP contribution < -0.4 is 10.7 Å². The van der Waals surface area contributed by atoms with Crippen LogP contribution in [-0.4, -0.2) is 10.9 Å². The quantitative estimate of drug-likeness (QED) is 0.394. The van der Waals surface area contributed by atoms with Gasteiger partial charge in [0, 0.05) is 10.9 Å². The Balaban J connectivity index is 1.36. The number of thiazole rings is 1. The molecular weight excluding hydrogens is 408 g/mol.